The molecule has 13 heteroatoms. The highest BCUT2D eigenvalue weighted by molar-refractivity contribution is 7.18. The zero-order valence-electron chi connectivity index (χ0n) is 21.8. The topological polar surface area (TPSA) is 130 Å². The average Bonchev–Trinajstić information content (AvgIpc) is 3.77. The van der Waals surface area contributed by atoms with Crippen LogP contribution in [0.4, 0.5) is 0 Å². The summed E-state index contributed by atoms with van der Waals surface area (Å²) in [5, 5.41) is 8.43. The van der Waals surface area contributed by atoms with Gasteiger partial charge in [0.05, 0.1) is 38.2 Å². The zero-order chi connectivity index (χ0) is 27.8. The van der Waals surface area contributed by atoms with Crippen molar-refractivity contribution in [3.63, 3.8) is 0 Å². The Morgan fingerprint density at radius 3 is 2.67 bits per heavy atom. The van der Waals surface area contributed by atoms with Gasteiger partial charge in [0.25, 0.3) is 11.1 Å². The van der Waals surface area contributed by atoms with Crippen LogP contribution in [0.2, 0.25) is 0 Å². The molecule has 0 radical (unpaired) electrons. The van der Waals surface area contributed by atoms with E-state index in [1.807, 2.05) is 35.7 Å². The normalized spacial score (nSPS) is 11.3. The molecule has 2 N–H and O–H groups in total. The Labute approximate surface area is 236 Å². The molecule has 204 valence electrons. The largest absolute Gasteiger partial charge is 0.496 e. The summed E-state index contributed by atoms with van der Waals surface area (Å²) in [6.45, 7) is 0.409. The van der Waals surface area contributed by atoms with Crippen LogP contribution in [-0.4, -0.2) is 58.3 Å². The second-order valence-corrected chi connectivity index (χ2v) is 10.5. The molecule has 1 amide bonds. The smallest absolute Gasteiger partial charge is 0.294 e. The minimum Gasteiger partial charge on any atom is -0.496 e. The van der Waals surface area contributed by atoms with E-state index in [4.69, 9.17) is 29.3 Å². The minimum absolute atomic E-state index is 0.126. The van der Waals surface area contributed by atoms with Gasteiger partial charge in [0.2, 0.25) is 4.96 Å². The minimum atomic E-state index is -0.126. The Bertz CT molecular complexity index is 1790. The number of nitrogens with two attached hydrogens (primary N) is 1. The number of imidazole rings is 1. The van der Waals surface area contributed by atoms with E-state index in [1.165, 1.54) is 27.6 Å². The van der Waals surface area contributed by atoms with Crippen LogP contribution in [0.25, 0.3) is 38.0 Å². The van der Waals surface area contributed by atoms with E-state index in [9.17, 15) is 4.79 Å². The van der Waals surface area contributed by atoms with Crippen molar-refractivity contribution in [3.05, 3.63) is 65.3 Å². The van der Waals surface area contributed by atoms with Crippen LogP contribution in [0.3, 0.4) is 0 Å². The summed E-state index contributed by atoms with van der Waals surface area (Å²) in [7, 11) is 4.83. The average molecular weight is 577 g/mol. The number of benzene rings is 2. The number of nitrogens with zero attached hydrogens (tertiary/aromatic N) is 5. The maximum Gasteiger partial charge on any atom is 0.294 e. The van der Waals surface area contributed by atoms with Crippen molar-refractivity contribution in [1.29, 1.82) is 0 Å². The molecule has 4 heterocycles. The first kappa shape index (κ1) is 25.8. The number of methoxy groups -OCH3 is 2. The van der Waals surface area contributed by atoms with E-state index in [0.29, 0.717) is 44.3 Å². The fourth-order valence-corrected chi connectivity index (χ4v) is 5.56. The van der Waals surface area contributed by atoms with Crippen LogP contribution in [-0.2, 0) is 6.61 Å². The summed E-state index contributed by atoms with van der Waals surface area (Å²) in [6.07, 6.45) is 1.79. The molecular formula is C27H24N6O5S2. The second kappa shape index (κ2) is 10.6. The van der Waals surface area contributed by atoms with Gasteiger partial charge in [-0.1, -0.05) is 12.1 Å². The predicted octanol–water partition coefficient (Wildman–Crippen LogP) is 4.91. The number of hydrogen-bond donors (Lipinski definition) is 1. The SMILES string of the molecule is COc1cc(OCc2csc(-c3ccc(C(=O)N(C)CN)cc3)n2)c2cc(-c3cn4nc(OC)sc4n3)oc2c1. The fourth-order valence-electron chi connectivity index (χ4n) is 4.05. The Morgan fingerprint density at radius 1 is 1.12 bits per heavy atom. The number of amides is 1. The molecule has 0 aliphatic rings. The van der Waals surface area contributed by atoms with Gasteiger partial charge in [0, 0.05) is 35.7 Å². The van der Waals surface area contributed by atoms with Gasteiger partial charge < -0.3 is 29.3 Å². The summed E-state index contributed by atoms with van der Waals surface area (Å²) >= 11 is 2.85. The summed E-state index contributed by atoms with van der Waals surface area (Å²) in [4.78, 5) is 23.8. The van der Waals surface area contributed by atoms with E-state index in [2.05, 4.69) is 10.1 Å². The third kappa shape index (κ3) is 4.85. The number of thiazole rings is 1. The molecule has 0 fully saturated rings. The molecule has 0 spiro atoms. The van der Waals surface area contributed by atoms with Crippen LogP contribution < -0.4 is 19.9 Å². The van der Waals surface area contributed by atoms with Crippen molar-refractivity contribution < 1.29 is 23.4 Å². The maximum atomic E-state index is 12.3. The molecule has 0 aliphatic carbocycles. The number of carbonyl (C=O) groups excluding carboxylic acids is 1. The summed E-state index contributed by atoms with van der Waals surface area (Å²) in [5.74, 6) is 1.67. The van der Waals surface area contributed by atoms with Crippen molar-refractivity contribution in [2.24, 2.45) is 5.73 Å². The first-order valence-corrected chi connectivity index (χ1v) is 13.8. The van der Waals surface area contributed by atoms with E-state index in [1.54, 1.807) is 44.1 Å². The second-order valence-electron chi connectivity index (χ2n) is 8.77. The van der Waals surface area contributed by atoms with Crippen LogP contribution in [0.1, 0.15) is 16.1 Å². The molecule has 6 rings (SSSR count). The van der Waals surface area contributed by atoms with Crippen molar-refractivity contribution in [3.8, 4) is 38.7 Å². The monoisotopic (exact) mass is 576 g/mol. The van der Waals surface area contributed by atoms with Gasteiger partial charge >= 0.3 is 0 Å². The lowest BCUT2D eigenvalue weighted by atomic mass is 10.1. The number of hydrogen-bond acceptors (Lipinski definition) is 11. The summed E-state index contributed by atoms with van der Waals surface area (Å²) in [6, 6.07) is 12.8. The zero-order valence-corrected chi connectivity index (χ0v) is 23.4. The molecule has 0 unspecified atom stereocenters. The molecule has 40 heavy (non-hydrogen) atoms. The fraction of sp³-hybridized carbons (Fsp3) is 0.185. The lowest BCUT2D eigenvalue weighted by Gasteiger charge is -2.14. The van der Waals surface area contributed by atoms with Gasteiger partial charge in [-0.15, -0.1) is 16.4 Å². The third-order valence-corrected chi connectivity index (χ3v) is 8.01. The lowest BCUT2D eigenvalue weighted by molar-refractivity contribution is 0.0799. The van der Waals surface area contributed by atoms with E-state index >= 15 is 0 Å². The molecule has 0 bridgehead atoms. The molecule has 0 atom stereocenters. The highest BCUT2D eigenvalue weighted by Crippen LogP contribution is 2.38. The van der Waals surface area contributed by atoms with E-state index in [-0.39, 0.29) is 19.2 Å². The van der Waals surface area contributed by atoms with E-state index < -0.39 is 0 Å². The van der Waals surface area contributed by atoms with E-state index in [0.717, 1.165) is 21.7 Å². The van der Waals surface area contributed by atoms with Crippen molar-refractivity contribution in [2.45, 2.75) is 6.61 Å². The molecule has 11 nitrogen and oxygen atoms in total. The number of carbonyl (C=O) groups is 1. The highest BCUT2D eigenvalue weighted by Gasteiger charge is 2.18. The Hall–Kier alpha value is -4.46. The Morgan fingerprint density at radius 2 is 1.95 bits per heavy atom. The Kier molecular flexibility index (Phi) is 6.84. The lowest BCUT2D eigenvalue weighted by Crippen LogP contribution is -2.32. The summed E-state index contributed by atoms with van der Waals surface area (Å²) in [5.41, 5.74) is 9.08. The third-order valence-electron chi connectivity index (χ3n) is 6.19. The predicted molar refractivity (Wildman–Crippen MR) is 152 cm³/mol. The van der Waals surface area contributed by atoms with Gasteiger partial charge in [0.1, 0.15) is 34.4 Å². The van der Waals surface area contributed by atoms with Crippen molar-refractivity contribution >= 4 is 44.5 Å². The summed E-state index contributed by atoms with van der Waals surface area (Å²) < 4.78 is 24.6. The number of fused-ring (bicyclic) bond motifs is 2. The van der Waals surface area contributed by atoms with Gasteiger partial charge in [-0.2, -0.15) is 0 Å². The van der Waals surface area contributed by atoms with Crippen LogP contribution in [0.15, 0.2) is 58.5 Å². The molecule has 0 saturated carbocycles. The number of furan rings is 1. The first-order chi connectivity index (χ1) is 19.4. The van der Waals surface area contributed by atoms with Gasteiger partial charge in [0.15, 0.2) is 5.76 Å². The number of aromatic nitrogens is 4. The first-order valence-electron chi connectivity index (χ1n) is 12.1. The molecule has 0 saturated heterocycles. The van der Waals surface area contributed by atoms with Crippen molar-refractivity contribution in [2.75, 3.05) is 27.9 Å². The molecular weight excluding hydrogens is 552 g/mol. The highest BCUT2D eigenvalue weighted by atomic mass is 32.1. The van der Waals surface area contributed by atoms with Crippen LogP contribution >= 0.6 is 22.7 Å². The molecule has 6 aromatic rings. The van der Waals surface area contributed by atoms with Gasteiger partial charge in [-0.25, -0.2) is 14.5 Å². The number of ether oxygens (including phenoxy) is 3. The quantitative estimate of drug-likeness (QED) is 0.239. The maximum absolute atomic E-state index is 12.3. The molecule has 2 aromatic carbocycles. The van der Waals surface area contributed by atoms with Crippen LogP contribution in [0, 0.1) is 0 Å². The van der Waals surface area contributed by atoms with Crippen LogP contribution in [0.5, 0.6) is 16.7 Å². The molecule has 0 aliphatic heterocycles. The standard InChI is InChI=1S/C27H24N6O5S2/c1-32(14-28)25(34)16-6-4-15(5-7-16)24-29-17(13-39-24)12-37-21-8-18(35-2)9-22-19(21)10-23(38-22)20-11-33-26(30-20)40-27(31-33)36-3/h4-11,13H,12,14,28H2,1-3H3. The Balaban J connectivity index is 1.22. The van der Waals surface area contributed by atoms with Gasteiger partial charge in [-0.05, 0) is 29.5 Å². The molecule has 4 aromatic heterocycles. The van der Waals surface area contributed by atoms with Gasteiger partial charge in [-0.3, -0.25) is 4.79 Å². The van der Waals surface area contributed by atoms with Crippen molar-refractivity contribution in [1.82, 2.24) is 24.5 Å². The number of rotatable bonds is 9.